The lowest BCUT2D eigenvalue weighted by Gasteiger charge is -2.19. The molecule has 0 aliphatic carbocycles. The highest BCUT2D eigenvalue weighted by atomic mass is 16.6. The third-order valence-electron chi connectivity index (χ3n) is 4.07. The van der Waals surface area contributed by atoms with Crippen molar-refractivity contribution < 1.29 is 28.8 Å². The van der Waals surface area contributed by atoms with Gasteiger partial charge in [-0.2, -0.15) is 0 Å². The van der Waals surface area contributed by atoms with Gasteiger partial charge in [-0.1, -0.05) is 13.8 Å². The van der Waals surface area contributed by atoms with E-state index in [4.69, 9.17) is 9.47 Å². The number of urea groups is 1. The first-order valence-electron chi connectivity index (χ1n) is 9.48. The quantitative estimate of drug-likeness (QED) is 0.488. The molecule has 1 aliphatic heterocycles. The summed E-state index contributed by atoms with van der Waals surface area (Å²) in [4.78, 5) is 36.7. The van der Waals surface area contributed by atoms with E-state index in [1.165, 1.54) is 0 Å². The number of hydrogen-bond acceptors (Lipinski definition) is 5. The molecule has 0 radical (unpaired) electrons. The minimum absolute atomic E-state index is 0.0279. The summed E-state index contributed by atoms with van der Waals surface area (Å²) in [5, 5.41) is 7.70. The molecule has 154 valence electrons. The van der Waals surface area contributed by atoms with Gasteiger partial charge in [-0.3, -0.25) is 14.9 Å². The molecule has 1 atom stereocenters. The number of carbonyl (C=O) groups excluding carboxylic acids is 3. The maximum atomic E-state index is 12.3. The highest BCUT2D eigenvalue weighted by Gasteiger charge is 2.19. The van der Waals surface area contributed by atoms with Crippen LogP contribution in [0.3, 0.4) is 0 Å². The van der Waals surface area contributed by atoms with Gasteiger partial charge < -0.3 is 25.0 Å². The number of likely N-dealkylation sites (N-methyl/N-ethyl adjacent to an activating group) is 1. The van der Waals surface area contributed by atoms with Gasteiger partial charge >= 0.3 is 6.03 Å². The molecule has 1 unspecified atom stereocenters. The number of fused-ring (bicyclic) bond motifs is 1. The number of hydrogen-bond donors (Lipinski definition) is 4. The van der Waals surface area contributed by atoms with Crippen LogP contribution in [-0.2, 0) is 9.59 Å². The second-order valence-electron chi connectivity index (χ2n) is 7.02. The fourth-order valence-electron chi connectivity index (χ4n) is 2.60. The third-order valence-corrected chi connectivity index (χ3v) is 4.07. The Balaban J connectivity index is 1.80. The number of rotatable bonds is 8. The van der Waals surface area contributed by atoms with E-state index >= 15 is 0 Å². The lowest BCUT2D eigenvalue weighted by atomic mass is 10.2. The van der Waals surface area contributed by atoms with Crippen LogP contribution in [0.25, 0.3) is 0 Å². The summed E-state index contributed by atoms with van der Waals surface area (Å²) in [5.74, 6) is 0.881. The summed E-state index contributed by atoms with van der Waals surface area (Å²) in [7, 11) is 0. The number of anilines is 1. The van der Waals surface area contributed by atoms with Crippen molar-refractivity contribution in [1.82, 2.24) is 10.6 Å². The van der Waals surface area contributed by atoms with E-state index < -0.39 is 11.9 Å². The van der Waals surface area contributed by atoms with Crippen LogP contribution in [0.1, 0.15) is 20.8 Å². The van der Waals surface area contributed by atoms with Gasteiger partial charge in [-0.15, -0.1) is 0 Å². The van der Waals surface area contributed by atoms with E-state index in [2.05, 4.69) is 16.0 Å². The van der Waals surface area contributed by atoms with Crippen molar-refractivity contribution >= 4 is 23.5 Å². The molecule has 4 N–H and O–H groups in total. The fraction of sp³-hybridized carbons (Fsp3) is 0.526. The maximum Gasteiger partial charge on any atom is 0.321 e. The average molecular weight is 393 g/mol. The Kier molecular flexibility index (Phi) is 8.06. The van der Waals surface area contributed by atoms with Gasteiger partial charge in [0, 0.05) is 18.3 Å². The molecule has 2 rings (SSSR count). The topological polar surface area (TPSA) is 110 Å². The Morgan fingerprint density at radius 1 is 1.07 bits per heavy atom. The van der Waals surface area contributed by atoms with Gasteiger partial charge in [0.05, 0.1) is 6.54 Å². The summed E-state index contributed by atoms with van der Waals surface area (Å²) in [5.41, 5.74) is 0.599. The Morgan fingerprint density at radius 3 is 2.43 bits per heavy atom. The highest BCUT2D eigenvalue weighted by Crippen LogP contribution is 2.32. The Labute approximate surface area is 164 Å². The Morgan fingerprint density at radius 2 is 1.75 bits per heavy atom. The van der Waals surface area contributed by atoms with Gasteiger partial charge in [-0.05, 0) is 25.0 Å². The molecule has 0 aromatic heterocycles. The summed E-state index contributed by atoms with van der Waals surface area (Å²) < 4.78 is 11.0. The van der Waals surface area contributed by atoms with Crippen LogP contribution in [0, 0.1) is 5.92 Å². The van der Waals surface area contributed by atoms with Crippen molar-refractivity contribution in [2.75, 3.05) is 44.7 Å². The molecule has 4 amide bonds. The predicted molar refractivity (Wildman–Crippen MR) is 104 cm³/mol. The van der Waals surface area contributed by atoms with Crippen LogP contribution >= 0.6 is 0 Å². The number of quaternary nitrogens is 1. The molecule has 0 saturated carbocycles. The number of benzene rings is 1. The number of carbonyl (C=O) groups is 3. The molecule has 1 heterocycles. The molecule has 0 fully saturated rings. The van der Waals surface area contributed by atoms with Crippen LogP contribution in [0.15, 0.2) is 18.2 Å². The van der Waals surface area contributed by atoms with Crippen LogP contribution in [0.2, 0.25) is 0 Å². The average Bonchev–Trinajstić information content (AvgIpc) is 2.65. The first-order chi connectivity index (χ1) is 13.4. The molecule has 28 heavy (non-hydrogen) atoms. The van der Waals surface area contributed by atoms with Crippen LogP contribution in [-0.4, -0.2) is 57.2 Å². The van der Waals surface area contributed by atoms with Crippen molar-refractivity contribution in [2.45, 2.75) is 20.8 Å². The van der Waals surface area contributed by atoms with Crippen molar-refractivity contribution in [3.05, 3.63) is 18.2 Å². The molecule has 1 aromatic carbocycles. The van der Waals surface area contributed by atoms with Gasteiger partial charge in [0.2, 0.25) is 0 Å². The molecule has 9 heteroatoms. The smallest absolute Gasteiger partial charge is 0.321 e. The molecular weight excluding hydrogens is 364 g/mol. The Hall–Kier alpha value is -2.81. The largest absolute Gasteiger partial charge is 0.486 e. The summed E-state index contributed by atoms with van der Waals surface area (Å²) in [6.07, 6.45) is 0. The fourth-order valence-corrected chi connectivity index (χ4v) is 2.60. The zero-order valence-electron chi connectivity index (χ0n) is 16.6. The van der Waals surface area contributed by atoms with Crippen molar-refractivity contribution in [1.29, 1.82) is 0 Å². The van der Waals surface area contributed by atoms with Crippen molar-refractivity contribution in [3.8, 4) is 11.5 Å². The molecular formula is C19H29N4O5+. The van der Waals surface area contributed by atoms with Crippen molar-refractivity contribution in [2.24, 2.45) is 5.92 Å². The molecule has 0 saturated heterocycles. The second kappa shape index (κ2) is 10.5. The normalized spacial score (nSPS) is 13.6. The van der Waals surface area contributed by atoms with E-state index in [0.29, 0.717) is 49.4 Å². The first kappa shape index (κ1) is 21.5. The molecule has 1 aromatic rings. The van der Waals surface area contributed by atoms with Crippen LogP contribution in [0.4, 0.5) is 10.5 Å². The van der Waals surface area contributed by atoms with Gasteiger partial charge in [0.1, 0.15) is 13.2 Å². The summed E-state index contributed by atoms with van der Waals surface area (Å²) in [6, 6.07) is 4.68. The van der Waals surface area contributed by atoms with Gasteiger partial charge in [0.25, 0.3) is 11.8 Å². The third kappa shape index (κ3) is 7.07. The van der Waals surface area contributed by atoms with E-state index in [9.17, 15) is 14.4 Å². The molecule has 0 spiro atoms. The highest BCUT2D eigenvalue weighted by molar-refractivity contribution is 5.95. The Bertz CT molecular complexity index is 708. The second-order valence-corrected chi connectivity index (χ2v) is 7.02. The predicted octanol–water partition coefficient (Wildman–Crippen LogP) is -0.217. The number of ether oxygens (including phenoxy) is 2. The zero-order chi connectivity index (χ0) is 20.5. The lowest BCUT2D eigenvalue weighted by molar-refractivity contribution is -0.881. The number of imide groups is 1. The zero-order valence-corrected chi connectivity index (χ0v) is 16.6. The number of nitrogens with one attached hydrogen (secondary N) is 4. The molecule has 0 bridgehead atoms. The van der Waals surface area contributed by atoms with Crippen LogP contribution in [0.5, 0.6) is 11.5 Å². The number of amides is 4. The molecule has 9 nitrogen and oxygen atoms in total. The van der Waals surface area contributed by atoms with Gasteiger partial charge in [0.15, 0.2) is 24.6 Å². The molecule has 1 aliphatic rings. The minimum atomic E-state index is -0.519. The standard InChI is InChI=1S/C19H28N4O5/c1-4-23(12-18(25)22-19(26)20-10-13(2)3)11-17(24)21-14-5-6-15-16(9-14)28-8-7-27-15/h5-6,9,13H,4,7-8,10-12H2,1-3H3,(H,21,24)(H2,20,22,25,26)/p+1. The SMILES string of the molecule is CC[NH+](CC(=O)NC(=O)NCC(C)C)CC(=O)Nc1ccc2c(c1)OCCO2. The van der Waals surface area contributed by atoms with Crippen LogP contribution < -0.4 is 30.3 Å². The monoisotopic (exact) mass is 393 g/mol. The van der Waals surface area contributed by atoms with E-state index in [1.54, 1.807) is 18.2 Å². The lowest BCUT2D eigenvalue weighted by Crippen LogP contribution is -3.14. The maximum absolute atomic E-state index is 12.3. The first-order valence-corrected chi connectivity index (χ1v) is 9.48. The summed E-state index contributed by atoms with van der Waals surface area (Å²) >= 11 is 0. The minimum Gasteiger partial charge on any atom is -0.486 e. The van der Waals surface area contributed by atoms with Gasteiger partial charge in [-0.25, -0.2) is 4.79 Å². The van der Waals surface area contributed by atoms with E-state index in [1.807, 2.05) is 20.8 Å². The van der Waals surface area contributed by atoms with E-state index in [0.717, 1.165) is 4.90 Å². The summed E-state index contributed by atoms with van der Waals surface area (Å²) in [6.45, 7) is 7.96. The van der Waals surface area contributed by atoms with Crippen molar-refractivity contribution in [3.63, 3.8) is 0 Å². The van der Waals surface area contributed by atoms with E-state index in [-0.39, 0.29) is 19.0 Å².